The minimum atomic E-state index is 0.475. The van der Waals surface area contributed by atoms with Crippen molar-refractivity contribution >= 4 is 55.5 Å². The summed E-state index contributed by atoms with van der Waals surface area (Å²) >= 11 is 7.15. The first-order chi connectivity index (χ1) is 8.60. The van der Waals surface area contributed by atoms with Gasteiger partial charge in [-0.15, -0.1) is 11.3 Å². The van der Waals surface area contributed by atoms with Gasteiger partial charge in [-0.25, -0.2) is 0 Å². The summed E-state index contributed by atoms with van der Waals surface area (Å²) in [5.41, 5.74) is 6.92. The van der Waals surface area contributed by atoms with Gasteiger partial charge in [0, 0.05) is 4.88 Å². The summed E-state index contributed by atoms with van der Waals surface area (Å²) in [7, 11) is 0. The molecule has 6 heteroatoms. The summed E-state index contributed by atoms with van der Waals surface area (Å²) in [6.07, 6.45) is 0. The van der Waals surface area contributed by atoms with Crippen molar-refractivity contribution in [2.45, 2.75) is 6.61 Å². The van der Waals surface area contributed by atoms with Crippen molar-refractivity contribution < 1.29 is 4.74 Å². The second kappa shape index (κ2) is 5.91. The normalized spacial score (nSPS) is 10.1. The summed E-state index contributed by atoms with van der Waals surface area (Å²) in [6, 6.07) is 9.44. The maximum Gasteiger partial charge on any atom is 0.156 e. The molecule has 0 radical (unpaired) electrons. The highest BCUT2D eigenvalue weighted by Gasteiger charge is 2.09. The van der Waals surface area contributed by atoms with E-state index < -0.39 is 0 Å². The number of thiophene rings is 1. The fourth-order valence-electron chi connectivity index (χ4n) is 1.40. The van der Waals surface area contributed by atoms with Crippen LogP contribution in [0.15, 0.2) is 28.1 Å². The Morgan fingerprint density at radius 1 is 1.44 bits per heavy atom. The van der Waals surface area contributed by atoms with Gasteiger partial charge >= 0.3 is 0 Å². The summed E-state index contributed by atoms with van der Waals surface area (Å²) in [5.74, 6) is 0.638. The molecule has 3 nitrogen and oxygen atoms in total. The van der Waals surface area contributed by atoms with Crippen LogP contribution in [0.5, 0.6) is 5.75 Å². The Bertz CT molecular complexity index is 598. The van der Waals surface area contributed by atoms with E-state index in [2.05, 4.69) is 44.6 Å². The topological polar surface area (TPSA) is 59.0 Å². The molecule has 0 saturated heterocycles. The number of hydrogen-bond donors (Lipinski definition) is 1. The number of benzene rings is 1. The first-order valence-electron chi connectivity index (χ1n) is 4.96. The van der Waals surface area contributed by atoms with Crippen molar-refractivity contribution in [1.82, 2.24) is 0 Å². The predicted octanol–water partition coefficient (Wildman–Crippen LogP) is 4.15. The Morgan fingerprint density at radius 3 is 2.78 bits per heavy atom. The van der Waals surface area contributed by atoms with Crippen molar-refractivity contribution in [3.05, 3.63) is 42.1 Å². The quantitative estimate of drug-likeness (QED) is 0.583. The van der Waals surface area contributed by atoms with Gasteiger partial charge < -0.3 is 10.5 Å². The second-order valence-corrected chi connectivity index (χ2v) is 7.19. The maximum absolute atomic E-state index is 8.83. The highest BCUT2D eigenvalue weighted by atomic mass is 127. The maximum atomic E-state index is 8.83. The molecule has 0 saturated carbocycles. The van der Waals surface area contributed by atoms with E-state index in [0.717, 1.165) is 12.2 Å². The van der Waals surface area contributed by atoms with E-state index in [-0.39, 0.29) is 0 Å². The molecule has 0 aliphatic rings. The SMILES string of the molecule is N#Cc1cc(N)c(OCc2ccc(Br)s2)c(I)c1. The predicted molar refractivity (Wildman–Crippen MR) is 84.6 cm³/mol. The van der Waals surface area contributed by atoms with Gasteiger partial charge in [-0.05, 0) is 62.8 Å². The molecule has 0 fully saturated rings. The average Bonchev–Trinajstić information content (AvgIpc) is 2.73. The molecule has 0 unspecified atom stereocenters. The highest BCUT2D eigenvalue weighted by Crippen LogP contribution is 2.31. The molecule has 0 amide bonds. The van der Waals surface area contributed by atoms with Crippen LogP contribution in [-0.4, -0.2) is 0 Å². The molecular formula is C12H8BrIN2OS. The van der Waals surface area contributed by atoms with Gasteiger partial charge in [0.15, 0.2) is 5.75 Å². The van der Waals surface area contributed by atoms with Gasteiger partial charge in [0.2, 0.25) is 0 Å². The number of nitrogens with zero attached hydrogens (tertiary/aromatic N) is 1. The van der Waals surface area contributed by atoms with Crippen LogP contribution in [0, 0.1) is 14.9 Å². The number of halogens is 2. The molecule has 1 heterocycles. The van der Waals surface area contributed by atoms with Gasteiger partial charge in [-0.3, -0.25) is 0 Å². The van der Waals surface area contributed by atoms with Crippen LogP contribution in [0.25, 0.3) is 0 Å². The number of nitriles is 1. The average molecular weight is 435 g/mol. The lowest BCUT2D eigenvalue weighted by atomic mass is 10.2. The van der Waals surface area contributed by atoms with E-state index >= 15 is 0 Å². The van der Waals surface area contributed by atoms with Crippen LogP contribution in [0.2, 0.25) is 0 Å². The summed E-state index contributed by atoms with van der Waals surface area (Å²) < 4.78 is 7.63. The zero-order chi connectivity index (χ0) is 13.1. The largest absolute Gasteiger partial charge is 0.485 e. The van der Waals surface area contributed by atoms with E-state index in [4.69, 9.17) is 15.7 Å². The number of rotatable bonds is 3. The van der Waals surface area contributed by atoms with Crippen LogP contribution >= 0.6 is 49.9 Å². The lowest BCUT2D eigenvalue weighted by molar-refractivity contribution is 0.309. The first kappa shape index (κ1) is 13.6. The number of hydrogen-bond acceptors (Lipinski definition) is 4. The van der Waals surface area contributed by atoms with Crippen molar-refractivity contribution in [3.63, 3.8) is 0 Å². The zero-order valence-electron chi connectivity index (χ0n) is 9.11. The summed E-state index contributed by atoms with van der Waals surface area (Å²) in [5, 5.41) is 8.83. The molecule has 0 aliphatic heterocycles. The molecule has 2 rings (SSSR count). The van der Waals surface area contributed by atoms with Gasteiger partial charge in [0.05, 0.1) is 24.7 Å². The third-order valence-corrected chi connectivity index (χ3v) is 4.59. The smallest absolute Gasteiger partial charge is 0.156 e. The van der Waals surface area contributed by atoms with Gasteiger partial charge in [0.1, 0.15) is 6.61 Å². The van der Waals surface area contributed by atoms with Crippen molar-refractivity contribution in [3.8, 4) is 11.8 Å². The fraction of sp³-hybridized carbons (Fsp3) is 0.0833. The molecule has 1 aromatic heterocycles. The fourth-order valence-corrected chi connectivity index (χ4v) is 3.60. The van der Waals surface area contributed by atoms with Gasteiger partial charge in [-0.2, -0.15) is 5.26 Å². The minimum Gasteiger partial charge on any atom is -0.485 e. The molecule has 0 bridgehead atoms. The minimum absolute atomic E-state index is 0.475. The lowest BCUT2D eigenvalue weighted by Gasteiger charge is -2.10. The molecule has 18 heavy (non-hydrogen) atoms. The molecular weight excluding hydrogens is 427 g/mol. The van der Waals surface area contributed by atoms with Crippen molar-refractivity contribution in [1.29, 1.82) is 5.26 Å². The lowest BCUT2D eigenvalue weighted by Crippen LogP contribution is -2.00. The highest BCUT2D eigenvalue weighted by molar-refractivity contribution is 14.1. The molecule has 2 N–H and O–H groups in total. The molecule has 1 aromatic carbocycles. The molecule has 92 valence electrons. The van der Waals surface area contributed by atoms with Crippen molar-refractivity contribution in [2.75, 3.05) is 5.73 Å². The van der Waals surface area contributed by atoms with E-state index in [1.165, 1.54) is 0 Å². The third kappa shape index (κ3) is 3.16. The van der Waals surface area contributed by atoms with Gasteiger partial charge in [0.25, 0.3) is 0 Å². The summed E-state index contributed by atoms with van der Waals surface area (Å²) in [6.45, 7) is 0.475. The van der Waals surface area contributed by atoms with Crippen molar-refractivity contribution in [2.24, 2.45) is 0 Å². The Morgan fingerprint density at radius 2 is 2.22 bits per heavy atom. The third-order valence-electron chi connectivity index (χ3n) is 2.19. The standard InChI is InChI=1S/C12H8BrIN2OS/c13-11-2-1-8(18-11)6-17-12-9(14)3-7(5-15)4-10(12)16/h1-4H,6,16H2. The first-order valence-corrected chi connectivity index (χ1v) is 7.65. The van der Waals surface area contributed by atoms with Crippen LogP contribution < -0.4 is 10.5 Å². The van der Waals surface area contributed by atoms with Crippen LogP contribution in [0.4, 0.5) is 5.69 Å². The van der Waals surface area contributed by atoms with Crippen LogP contribution in [0.3, 0.4) is 0 Å². The Labute approximate surface area is 131 Å². The van der Waals surface area contributed by atoms with Crippen LogP contribution in [-0.2, 0) is 6.61 Å². The molecule has 0 atom stereocenters. The Balaban J connectivity index is 2.17. The Kier molecular flexibility index (Phi) is 4.48. The number of nitrogens with two attached hydrogens (primary N) is 1. The Hall–Kier alpha value is -0.780. The molecule has 0 aliphatic carbocycles. The van der Waals surface area contributed by atoms with Crippen LogP contribution in [0.1, 0.15) is 10.4 Å². The number of ether oxygens (including phenoxy) is 1. The van der Waals surface area contributed by atoms with E-state index in [1.807, 2.05) is 12.1 Å². The molecule has 0 spiro atoms. The monoisotopic (exact) mass is 434 g/mol. The summed E-state index contributed by atoms with van der Waals surface area (Å²) in [4.78, 5) is 1.11. The zero-order valence-corrected chi connectivity index (χ0v) is 13.7. The van der Waals surface area contributed by atoms with E-state index in [1.54, 1.807) is 23.5 Å². The van der Waals surface area contributed by atoms with Gasteiger partial charge in [-0.1, -0.05) is 0 Å². The number of anilines is 1. The number of nitrogen functional groups attached to an aromatic ring is 1. The molecule has 2 aromatic rings. The second-order valence-electron chi connectivity index (χ2n) is 3.48. The van der Waals surface area contributed by atoms with E-state index in [0.29, 0.717) is 23.6 Å². The van der Waals surface area contributed by atoms with E-state index in [9.17, 15) is 0 Å².